The van der Waals surface area contributed by atoms with Crippen LogP contribution in [-0.2, 0) is 6.42 Å². The number of nitrogens with two attached hydrogens (primary N) is 1. The Bertz CT molecular complexity index is 474. The number of hydrogen-bond acceptors (Lipinski definition) is 3. The van der Waals surface area contributed by atoms with Gasteiger partial charge in [-0.15, -0.1) is 0 Å². The van der Waals surface area contributed by atoms with Crippen molar-refractivity contribution in [2.45, 2.75) is 26.3 Å². The molecule has 0 fully saturated rings. The maximum absolute atomic E-state index is 5.72. The van der Waals surface area contributed by atoms with E-state index in [2.05, 4.69) is 30.1 Å². The number of hydrogen-bond donors (Lipinski definition) is 1. The molecule has 0 saturated heterocycles. The van der Waals surface area contributed by atoms with E-state index in [0.29, 0.717) is 6.42 Å². The van der Waals surface area contributed by atoms with Crippen LogP contribution in [0.4, 0.5) is 0 Å². The lowest BCUT2D eigenvalue weighted by Crippen LogP contribution is -2.05. The molecule has 2 rings (SSSR count). The Kier molecular flexibility index (Phi) is 3.06. The topological polar surface area (TPSA) is 52.0 Å². The number of rotatable bonds is 3. The minimum absolute atomic E-state index is 0.0741. The fourth-order valence-electron chi connectivity index (χ4n) is 1.61. The molecular formula is C13H16N2O. The highest BCUT2D eigenvalue weighted by Crippen LogP contribution is 2.13. The molecule has 1 aromatic heterocycles. The van der Waals surface area contributed by atoms with Crippen LogP contribution in [0.5, 0.6) is 0 Å². The monoisotopic (exact) mass is 216 g/mol. The molecule has 0 aliphatic rings. The van der Waals surface area contributed by atoms with Crippen molar-refractivity contribution in [3.63, 3.8) is 0 Å². The van der Waals surface area contributed by atoms with Gasteiger partial charge in [-0.1, -0.05) is 29.8 Å². The summed E-state index contributed by atoms with van der Waals surface area (Å²) in [7, 11) is 0. The average molecular weight is 216 g/mol. The van der Waals surface area contributed by atoms with E-state index in [0.717, 1.165) is 11.6 Å². The Morgan fingerprint density at radius 2 is 2.25 bits per heavy atom. The first kappa shape index (κ1) is 10.9. The lowest BCUT2D eigenvalue weighted by atomic mass is 10.1. The molecular weight excluding hydrogens is 200 g/mol. The normalized spacial score (nSPS) is 12.7. The summed E-state index contributed by atoms with van der Waals surface area (Å²) in [5, 5.41) is 0. The predicted octanol–water partition coefficient (Wildman–Crippen LogP) is 2.59. The third kappa shape index (κ3) is 2.49. The van der Waals surface area contributed by atoms with E-state index in [1.165, 1.54) is 11.1 Å². The van der Waals surface area contributed by atoms with Crippen LogP contribution in [0, 0.1) is 6.92 Å². The minimum atomic E-state index is -0.0741. The third-order valence-corrected chi connectivity index (χ3v) is 2.47. The van der Waals surface area contributed by atoms with Gasteiger partial charge in [0.2, 0.25) is 0 Å². The van der Waals surface area contributed by atoms with Crippen molar-refractivity contribution in [1.82, 2.24) is 4.98 Å². The molecule has 0 bridgehead atoms. The summed E-state index contributed by atoms with van der Waals surface area (Å²) in [6, 6.07) is 8.25. The first-order valence-electron chi connectivity index (χ1n) is 5.40. The average Bonchev–Trinajstić information content (AvgIpc) is 2.66. The van der Waals surface area contributed by atoms with Crippen LogP contribution >= 0.6 is 0 Å². The van der Waals surface area contributed by atoms with Crippen molar-refractivity contribution >= 4 is 0 Å². The molecule has 0 aliphatic carbocycles. The van der Waals surface area contributed by atoms with Crippen molar-refractivity contribution < 1.29 is 4.42 Å². The van der Waals surface area contributed by atoms with E-state index in [1.807, 2.05) is 13.0 Å². The number of benzene rings is 1. The molecule has 1 aromatic carbocycles. The lowest BCUT2D eigenvalue weighted by molar-refractivity contribution is 0.505. The van der Waals surface area contributed by atoms with Gasteiger partial charge in [0, 0.05) is 12.5 Å². The van der Waals surface area contributed by atoms with E-state index in [1.54, 1.807) is 6.26 Å². The second-order valence-electron chi connectivity index (χ2n) is 4.12. The van der Waals surface area contributed by atoms with Crippen LogP contribution < -0.4 is 5.73 Å². The summed E-state index contributed by atoms with van der Waals surface area (Å²) in [5.74, 6) is 0.720. The van der Waals surface area contributed by atoms with Crippen LogP contribution in [0.2, 0.25) is 0 Å². The molecule has 0 amide bonds. The molecule has 2 N–H and O–H groups in total. The van der Waals surface area contributed by atoms with Gasteiger partial charge in [0.15, 0.2) is 5.89 Å². The standard InChI is InChI=1S/C13H16N2O/c1-9-4-3-5-11(6-9)7-13-15-12(8-16-13)10(2)14/h3-6,8,10H,7,14H2,1-2H3. The predicted molar refractivity (Wildman–Crippen MR) is 63.1 cm³/mol. The Morgan fingerprint density at radius 1 is 1.44 bits per heavy atom. The molecule has 0 aliphatic heterocycles. The zero-order valence-corrected chi connectivity index (χ0v) is 9.60. The van der Waals surface area contributed by atoms with Crippen molar-refractivity contribution in [3.8, 4) is 0 Å². The molecule has 16 heavy (non-hydrogen) atoms. The smallest absolute Gasteiger partial charge is 0.198 e. The first-order valence-corrected chi connectivity index (χ1v) is 5.40. The molecule has 0 radical (unpaired) electrons. The highest BCUT2D eigenvalue weighted by Gasteiger charge is 2.07. The summed E-state index contributed by atoms with van der Waals surface area (Å²) in [6.07, 6.45) is 2.35. The Morgan fingerprint density at radius 3 is 2.88 bits per heavy atom. The van der Waals surface area contributed by atoms with E-state index in [-0.39, 0.29) is 6.04 Å². The zero-order valence-electron chi connectivity index (χ0n) is 9.60. The van der Waals surface area contributed by atoms with Gasteiger partial charge in [0.1, 0.15) is 6.26 Å². The summed E-state index contributed by atoms with van der Waals surface area (Å²) in [6.45, 7) is 3.97. The van der Waals surface area contributed by atoms with Crippen LogP contribution in [0.15, 0.2) is 34.9 Å². The third-order valence-electron chi connectivity index (χ3n) is 2.47. The Hall–Kier alpha value is -1.61. The van der Waals surface area contributed by atoms with E-state index in [9.17, 15) is 0 Å². The van der Waals surface area contributed by atoms with Gasteiger partial charge in [-0.3, -0.25) is 0 Å². The Labute approximate surface area is 95.3 Å². The van der Waals surface area contributed by atoms with Crippen molar-refractivity contribution in [1.29, 1.82) is 0 Å². The van der Waals surface area contributed by atoms with Gasteiger partial charge in [0.25, 0.3) is 0 Å². The van der Waals surface area contributed by atoms with Crippen molar-refractivity contribution in [3.05, 3.63) is 53.2 Å². The molecule has 1 heterocycles. The molecule has 1 unspecified atom stereocenters. The van der Waals surface area contributed by atoms with E-state index < -0.39 is 0 Å². The highest BCUT2D eigenvalue weighted by atomic mass is 16.3. The summed E-state index contributed by atoms with van der Waals surface area (Å²) >= 11 is 0. The maximum Gasteiger partial charge on any atom is 0.198 e. The fraction of sp³-hybridized carbons (Fsp3) is 0.308. The Balaban J connectivity index is 2.14. The zero-order chi connectivity index (χ0) is 11.5. The number of aryl methyl sites for hydroxylation is 1. The lowest BCUT2D eigenvalue weighted by Gasteiger charge is -1.99. The number of oxazole rings is 1. The van der Waals surface area contributed by atoms with Gasteiger partial charge in [0.05, 0.1) is 5.69 Å². The van der Waals surface area contributed by atoms with Gasteiger partial charge in [-0.2, -0.15) is 0 Å². The van der Waals surface area contributed by atoms with Gasteiger partial charge in [-0.05, 0) is 19.4 Å². The molecule has 0 saturated carbocycles. The second-order valence-corrected chi connectivity index (χ2v) is 4.12. The van der Waals surface area contributed by atoms with E-state index in [4.69, 9.17) is 10.2 Å². The largest absolute Gasteiger partial charge is 0.448 e. The molecule has 1 atom stereocenters. The highest BCUT2D eigenvalue weighted by molar-refractivity contribution is 5.24. The molecule has 2 aromatic rings. The fourth-order valence-corrected chi connectivity index (χ4v) is 1.61. The van der Waals surface area contributed by atoms with Crippen molar-refractivity contribution in [2.75, 3.05) is 0 Å². The van der Waals surface area contributed by atoms with Gasteiger partial charge < -0.3 is 10.2 Å². The number of nitrogens with zero attached hydrogens (tertiary/aromatic N) is 1. The van der Waals surface area contributed by atoms with Crippen molar-refractivity contribution in [2.24, 2.45) is 5.73 Å². The summed E-state index contributed by atoms with van der Waals surface area (Å²) in [4.78, 5) is 4.34. The summed E-state index contributed by atoms with van der Waals surface area (Å²) in [5.41, 5.74) is 8.98. The molecule has 3 nitrogen and oxygen atoms in total. The van der Waals surface area contributed by atoms with Gasteiger partial charge >= 0.3 is 0 Å². The molecule has 3 heteroatoms. The van der Waals surface area contributed by atoms with E-state index >= 15 is 0 Å². The van der Waals surface area contributed by atoms with Crippen LogP contribution in [-0.4, -0.2) is 4.98 Å². The first-order chi connectivity index (χ1) is 7.65. The quantitative estimate of drug-likeness (QED) is 0.858. The summed E-state index contributed by atoms with van der Waals surface area (Å²) < 4.78 is 5.38. The number of aromatic nitrogens is 1. The molecule has 0 spiro atoms. The SMILES string of the molecule is Cc1cccc(Cc2nc(C(C)N)co2)c1. The van der Waals surface area contributed by atoms with Crippen LogP contribution in [0.1, 0.15) is 35.7 Å². The van der Waals surface area contributed by atoms with Crippen LogP contribution in [0.25, 0.3) is 0 Å². The molecule has 84 valence electrons. The van der Waals surface area contributed by atoms with Crippen LogP contribution in [0.3, 0.4) is 0 Å². The second kappa shape index (κ2) is 4.49. The minimum Gasteiger partial charge on any atom is -0.448 e. The maximum atomic E-state index is 5.72. The van der Waals surface area contributed by atoms with Gasteiger partial charge in [-0.25, -0.2) is 4.98 Å².